The predicted molar refractivity (Wildman–Crippen MR) is 151 cm³/mol. The monoisotopic (exact) mass is 533 g/mol. The minimum atomic E-state index is -3.79. The molecular formula is C30H35N3O4S. The molecule has 0 atom stereocenters. The number of nitrogens with one attached hydrogen (secondary N) is 1. The maximum atomic E-state index is 13.5. The van der Waals surface area contributed by atoms with E-state index in [9.17, 15) is 13.2 Å². The van der Waals surface area contributed by atoms with Crippen molar-refractivity contribution in [3.05, 3.63) is 83.9 Å². The molecule has 7 nitrogen and oxygen atoms in total. The van der Waals surface area contributed by atoms with Gasteiger partial charge < -0.3 is 14.5 Å². The fourth-order valence-corrected chi connectivity index (χ4v) is 6.24. The van der Waals surface area contributed by atoms with Crippen LogP contribution in [0, 0.1) is 0 Å². The molecular weight excluding hydrogens is 498 g/mol. The first-order valence-corrected chi connectivity index (χ1v) is 15.0. The average molecular weight is 534 g/mol. The molecule has 2 heterocycles. The van der Waals surface area contributed by atoms with Gasteiger partial charge in [-0.25, -0.2) is 8.42 Å². The fraction of sp³-hybridized carbons (Fsp3) is 0.367. The third-order valence-electron chi connectivity index (χ3n) is 7.19. The van der Waals surface area contributed by atoms with Crippen LogP contribution in [0.1, 0.15) is 48.0 Å². The molecule has 0 radical (unpaired) electrons. The molecule has 0 unspecified atom stereocenters. The number of hydrogen-bond donors (Lipinski definition) is 1. The van der Waals surface area contributed by atoms with Crippen molar-refractivity contribution >= 4 is 27.3 Å². The molecule has 2 aliphatic rings. The van der Waals surface area contributed by atoms with E-state index in [0.717, 1.165) is 37.1 Å². The van der Waals surface area contributed by atoms with Crippen LogP contribution < -0.4 is 14.4 Å². The number of anilines is 2. The topological polar surface area (TPSA) is 79.0 Å². The lowest BCUT2D eigenvalue weighted by Gasteiger charge is -2.30. The van der Waals surface area contributed by atoms with Gasteiger partial charge in [-0.3, -0.25) is 9.52 Å². The number of ether oxygens (including phenoxy) is 1. The standard InChI is InChI=1S/C30H35N3O4S/c34-30(25-12-15-27(16-13-25)37-22-8-20-32-18-5-2-6-19-32)33-21-7-9-24-14-17-28(23-29(24)33)38(35,36)31-26-10-3-1-4-11-26/h1,3-4,10-17,23,31H,2,5-9,18-22H2. The van der Waals surface area contributed by atoms with Crippen LogP contribution in [0.5, 0.6) is 5.75 Å². The van der Waals surface area contributed by atoms with Crippen molar-refractivity contribution in [2.24, 2.45) is 0 Å². The molecule has 3 aromatic rings. The van der Waals surface area contributed by atoms with E-state index < -0.39 is 10.0 Å². The fourth-order valence-electron chi connectivity index (χ4n) is 5.16. The van der Waals surface area contributed by atoms with Crippen molar-refractivity contribution in [3.8, 4) is 5.75 Å². The highest BCUT2D eigenvalue weighted by molar-refractivity contribution is 7.92. The number of carbonyl (C=O) groups excluding carboxylic acids is 1. The van der Waals surface area contributed by atoms with Crippen molar-refractivity contribution in [1.82, 2.24) is 4.90 Å². The summed E-state index contributed by atoms with van der Waals surface area (Å²) in [6, 6.07) is 21.1. The highest BCUT2D eigenvalue weighted by Crippen LogP contribution is 2.32. The zero-order valence-corrected chi connectivity index (χ0v) is 22.5. The summed E-state index contributed by atoms with van der Waals surface area (Å²) < 4.78 is 34.6. The van der Waals surface area contributed by atoms with Crippen molar-refractivity contribution in [2.75, 3.05) is 42.4 Å². The Morgan fingerprint density at radius 2 is 1.63 bits per heavy atom. The number of likely N-dealkylation sites (tertiary alicyclic amines) is 1. The summed E-state index contributed by atoms with van der Waals surface area (Å²) in [6.07, 6.45) is 6.53. The second kappa shape index (κ2) is 12.0. The van der Waals surface area contributed by atoms with Gasteiger partial charge in [0.2, 0.25) is 0 Å². The molecule has 200 valence electrons. The lowest BCUT2D eigenvalue weighted by Crippen LogP contribution is -2.35. The van der Waals surface area contributed by atoms with E-state index in [0.29, 0.717) is 30.1 Å². The number of rotatable bonds is 9. The van der Waals surface area contributed by atoms with Crippen molar-refractivity contribution in [2.45, 2.75) is 43.4 Å². The number of aryl methyl sites for hydroxylation is 1. The van der Waals surface area contributed by atoms with Crippen molar-refractivity contribution in [3.63, 3.8) is 0 Å². The van der Waals surface area contributed by atoms with Crippen LogP contribution in [0.2, 0.25) is 0 Å². The van der Waals surface area contributed by atoms with Gasteiger partial charge in [0, 0.05) is 30.0 Å². The number of carbonyl (C=O) groups is 1. The lowest BCUT2D eigenvalue weighted by atomic mass is 10.0. The summed E-state index contributed by atoms with van der Waals surface area (Å²) >= 11 is 0. The van der Waals surface area contributed by atoms with Crippen LogP contribution in [0.15, 0.2) is 77.7 Å². The molecule has 1 amide bonds. The van der Waals surface area contributed by atoms with Gasteiger partial charge in [-0.2, -0.15) is 0 Å². The van der Waals surface area contributed by atoms with E-state index in [-0.39, 0.29) is 10.8 Å². The largest absolute Gasteiger partial charge is 0.494 e. The lowest BCUT2D eigenvalue weighted by molar-refractivity contribution is 0.0985. The van der Waals surface area contributed by atoms with Gasteiger partial charge in [-0.15, -0.1) is 0 Å². The predicted octanol–water partition coefficient (Wildman–Crippen LogP) is 5.34. The van der Waals surface area contributed by atoms with E-state index in [1.807, 2.05) is 24.3 Å². The maximum absolute atomic E-state index is 13.5. The Labute approximate surface area is 225 Å². The summed E-state index contributed by atoms with van der Waals surface area (Å²) in [5, 5.41) is 0. The number of amides is 1. The van der Waals surface area contributed by atoms with Gasteiger partial charge in [0.25, 0.3) is 15.9 Å². The minimum Gasteiger partial charge on any atom is -0.494 e. The zero-order valence-electron chi connectivity index (χ0n) is 21.6. The molecule has 3 aromatic carbocycles. The Kier molecular flexibility index (Phi) is 8.29. The summed E-state index contributed by atoms with van der Waals surface area (Å²) in [5.74, 6) is 0.604. The Balaban J connectivity index is 1.24. The Bertz CT molecular complexity index is 1340. The van der Waals surface area contributed by atoms with Gasteiger partial charge >= 0.3 is 0 Å². The van der Waals surface area contributed by atoms with Gasteiger partial charge in [0.05, 0.1) is 11.5 Å². The number of hydrogen-bond acceptors (Lipinski definition) is 5. The molecule has 38 heavy (non-hydrogen) atoms. The molecule has 1 saturated heterocycles. The molecule has 8 heteroatoms. The van der Waals surface area contributed by atoms with Crippen LogP contribution in [0.3, 0.4) is 0 Å². The highest BCUT2D eigenvalue weighted by atomic mass is 32.2. The molecule has 0 saturated carbocycles. The third kappa shape index (κ3) is 6.37. The Morgan fingerprint density at radius 1 is 0.868 bits per heavy atom. The Hall–Kier alpha value is -3.36. The molecule has 5 rings (SSSR count). The van der Waals surface area contributed by atoms with Crippen LogP contribution in [-0.2, 0) is 16.4 Å². The molecule has 1 fully saturated rings. The normalized spacial score (nSPS) is 16.1. The van der Waals surface area contributed by atoms with Crippen LogP contribution >= 0.6 is 0 Å². The smallest absolute Gasteiger partial charge is 0.261 e. The van der Waals surface area contributed by atoms with E-state index >= 15 is 0 Å². The number of para-hydroxylation sites is 1. The van der Waals surface area contributed by atoms with E-state index in [2.05, 4.69) is 9.62 Å². The first-order chi connectivity index (χ1) is 18.5. The SMILES string of the molecule is O=C(c1ccc(OCCCN2CCCCC2)cc1)N1CCCc2ccc(S(=O)(=O)Nc3ccccc3)cc21. The molecule has 1 N–H and O–H groups in total. The summed E-state index contributed by atoms with van der Waals surface area (Å²) in [6.45, 7) is 4.62. The minimum absolute atomic E-state index is 0.133. The summed E-state index contributed by atoms with van der Waals surface area (Å²) in [5.41, 5.74) is 2.66. The number of sulfonamides is 1. The Morgan fingerprint density at radius 3 is 2.39 bits per heavy atom. The second-order valence-electron chi connectivity index (χ2n) is 9.95. The first-order valence-electron chi connectivity index (χ1n) is 13.5. The molecule has 2 aliphatic heterocycles. The van der Waals surface area contributed by atoms with E-state index in [1.165, 1.54) is 32.4 Å². The highest BCUT2D eigenvalue weighted by Gasteiger charge is 2.26. The number of fused-ring (bicyclic) bond motifs is 1. The third-order valence-corrected chi connectivity index (χ3v) is 8.57. The number of benzene rings is 3. The quantitative estimate of drug-likeness (QED) is 0.376. The van der Waals surface area contributed by atoms with Gasteiger partial charge in [0.15, 0.2) is 0 Å². The number of nitrogens with zero attached hydrogens (tertiary/aromatic N) is 2. The first kappa shape index (κ1) is 26.3. The zero-order chi connectivity index (χ0) is 26.4. The van der Waals surface area contributed by atoms with Crippen LogP contribution in [0.25, 0.3) is 0 Å². The van der Waals surface area contributed by atoms with E-state index in [1.54, 1.807) is 53.4 Å². The van der Waals surface area contributed by atoms with Crippen molar-refractivity contribution < 1.29 is 17.9 Å². The average Bonchev–Trinajstić information content (AvgIpc) is 2.95. The summed E-state index contributed by atoms with van der Waals surface area (Å²) in [7, 11) is -3.79. The maximum Gasteiger partial charge on any atom is 0.261 e. The second-order valence-corrected chi connectivity index (χ2v) is 11.6. The molecule has 0 bridgehead atoms. The van der Waals surface area contributed by atoms with E-state index in [4.69, 9.17) is 4.74 Å². The van der Waals surface area contributed by atoms with Gasteiger partial charge in [-0.05, 0) is 99.3 Å². The van der Waals surface area contributed by atoms with Gasteiger partial charge in [0.1, 0.15) is 5.75 Å². The summed E-state index contributed by atoms with van der Waals surface area (Å²) in [4.78, 5) is 17.8. The van der Waals surface area contributed by atoms with Crippen LogP contribution in [0.4, 0.5) is 11.4 Å². The molecule has 0 aliphatic carbocycles. The number of piperidine rings is 1. The van der Waals surface area contributed by atoms with Gasteiger partial charge in [-0.1, -0.05) is 30.7 Å². The molecule has 0 spiro atoms. The van der Waals surface area contributed by atoms with Crippen molar-refractivity contribution in [1.29, 1.82) is 0 Å². The van der Waals surface area contributed by atoms with Crippen LogP contribution in [-0.4, -0.2) is 52.0 Å². The molecule has 0 aromatic heterocycles.